The highest BCUT2D eigenvalue weighted by Gasteiger charge is 2.26. The molecular formula is C37H54ClN3O4. The maximum atomic E-state index is 12.8. The molecule has 1 amide bonds. The number of carbonyl (C=O) groups excluding carboxylic acids is 2. The second-order valence-electron chi connectivity index (χ2n) is 12.6. The van der Waals surface area contributed by atoms with Gasteiger partial charge < -0.3 is 14.4 Å². The fourth-order valence-corrected chi connectivity index (χ4v) is 6.50. The topological polar surface area (TPSA) is 62.3 Å². The monoisotopic (exact) mass is 639 g/mol. The third-order valence-corrected chi connectivity index (χ3v) is 9.61. The third kappa shape index (κ3) is 11.2. The van der Waals surface area contributed by atoms with Gasteiger partial charge in [0.1, 0.15) is 5.75 Å². The summed E-state index contributed by atoms with van der Waals surface area (Å²) in [5, 5.41) is 0.864. The molecule has 248 valence electrons. The normalized spacial score (nSPS) is 15.3. The van der Waals surface area contributed by atoms with Crippen molar-refractivity contribution < 1.29 is 19.1 Å². The van der Waals surface area contributed by atoms with E-state index in [1.165, 1.54) is 44.9 Å². The molecule has 1 fully saturated rings. The summed E-state index contributed by atoms with van der Waals surface area (Å²) in [5.41, 5.74) is 4.15. The van der Waals surface area contributed by atoms with Crippen molar-refractivity contribution in [2.45, 2.75) is 104 Å². The molecule has 0 aromatic heterocycles. The lowest BCUT2D eigenvalue weighted by Gasteiger charge is -2.36. The number of benzene rings is 2. The summed E-state index contributed by atoms with van der Waals surface area (Å²) in [6.07, 6.45) is 14.4. The summed E-state index contributed by atoms with van der Waals surface area (Å²) in [5.74, 6) is 0.504. The number of esters is 1. The molecular weight excluding hydrogens is 586 g/mol. The Morgan fingerprint density at radius 2 is 1.58 bits per heavy atom. The Morgan fingerprint density at radius 3 is 2.33 bits per heavy atom. The van der Waals surface area contributed by atoms with Gasteiger partial charge in [0.2, 0.25) is 5.91 Å². The van der Waals surface area contributed by atoms with Crippen LogP contribution in [0.25, 0.3) is 0 Å². The number of anilines is 2. The first-order valence-electron chi connectivity index (χ1n) is 17.4. The van der Waals surface area contributed by atoms with E-state index in [0.29, 0.717) is 25.9 Å². The van der Waals surface area contributed by atoms with Crippen LogP contribution in [0.2, 0.25) is 5.02 Å². The molecule has 2 aromatic rings. The van der Waals surface area contributed by atoms with Crippen LogP contribution in [0.4, 0.5) is 11.4 Å². The Morgan fingerprint density at radius 1 is 0.844 bits per heavy atom. The van der Waals surface area contributed by atoms with E-state index >= 15 is 0 Å². The molecule has 2 aliphatic rings. The molecule has 0 radical (unpaired) electrons. The zero-order valence-electron chi connectivity index (χ0n) is 27.7. The number of hydrogen-bond donors (Lipinski definition) is 0. The molecule has 2 aromatic carbocycles. The van der Waals surface area contributed by atoms with E-state index in [1.54, 1.807) is 4.90 Å². The number of fused-ring (bicyclic) bond motifs is 1. The molecule has 2 heterocycles. The first-order valence-corrected chi connectivity index (χ1v) is 17.8. The summed E-state index contributed by atoms with van der Waals surface area (Å²) in [6.45, 7) is 9.97. The number of halogens is 1. The quantitative estimate of drug-likeness (QED) is 0.114. The van der Waals surface area contributed by atoms with Crippen molar-refractivity contribution in [2.75, 3.05) is 55.9 Å². The van der Waals surface area contributed by atoms with Gasteiger partial charge in [-0.2, -0.15) is 0 Å². The molecule has 4 rings (SSSR count). The van der Waals surface area contributed by atoms with Gasteiger partial charge in [-0.3, -0.25) is 19.4 Å². The van der Waals surface area contributed by atoms with Crippen LogP contribution in [0, 0.1) is 6.92 Å². The van der Waals surface area contributed by atoms with Gasteiger partial charge in [0.15, 0.2) is 6.73 Å². The molecule has 8 heteroatoms. The predicted octanol–water partition coefficient (Wildman–Crippen LogP) is 8.33. The van der Waals surface area contributed by atoms with Gasteiger partial charge in [0, 0.05) is 45.1 Å². The van der Waals surface area contributed by atoms with Crippen LogP contribution < -0.4 is 14.5 Å². The molecule has 0 aliphatic carbocycles. The molecule has 0 unspecified atom stereocenters. The van der Waals surface area contributed by atoms with E-state index in [9.17, 15) is 9.59 Å². The molecule has 0 N–H and O–H groups in total. The third-order valence-electron chi connectivity index (χ3n) is 9.12. The van der Waals surface area contributed by atoms with Crippen molar-refractivity contribution in [1.82, 2.24) is 4.90 Å². The lowest BCUT2D eigenvalue weighted by Crippen LogP contribution is -2.46. The minimum Gasteiger partial charge on any atom is -0.494 e. The summed E-state index contributed by atoms with van der Waals surface area (Å²) < 4.78 is 11.6. The van der Waals surface area contributed by atoms with Crippen LogP contribution in [-0.4, -0.2) is 62.8 Å². The Kier molecular flexibility index (Phi) is 14.8. The molecule has 1 saturated heterocycles. The van der Waals surface area contributed by atoms with Gasteiger partial charge in [-0.25, -0.2) is 0 Å². The SMILES string of the molecule is CCCCCCCCCCCC(=O)OCN1C(=O)CCc2ccc(OCCCCN3CCN(c4cccc(C)c4Cl)CC3)cc21. The standard InChI is InChI=1S/C37H54ClN3O4/c1-3-4-5-6-7-8-9-10-11-17-36(43)45-29-41-34-28-32(20-18-31(34)19-21-35(41)42)44-27-13-12-22-39-23-25-40(26-24-39)33-16-14-15-30(2)37(33)38/h14-16,18,20,28H,3-13,17,19,21-27,29H2,1-2H3. The Hall–Kier alpha value is -2.77. The first kappa shape index (κ1) is 35.1. The Labute approximate surface area is 276 Å². The van der Waals surface area contributed by atoms with Crippen LogP contribution in [0.15, 0.2) is 36.4 Å². The maximum absolute atomic E-state index is 12.8. The van der Waals surface area contributed by atoms with Gasteiger partial charge in [0.05, 0.1) is 23.0 Å². The van der Waals surface area contributed by atoms with Crippen LogP contribution in [-0.2, 0) is 20.7 Å². The van der Waals surface area contributed by atoms with Crippen molar-refractivity contribution in [3.63, 3.8) is 0 Å². The summed E-state index contributed by atoms with van der Waals surface area (Å²) >= 11 is 6.55. The number of amides is 1. The largest absolute Gasteiger partial charge is 0.494 e. The van der Waals surface area contributed by atoms with Gasteiger partial charge in [-0.15, -0.1) is 0 Å². The molecule has 0 spiro atoms. The number of aryl methyl sites for hydroxylation is 2. The second kappa shape index (κ2) is 19.0. The van der Waals surface area contributed by atoms with E-state index in [4.69, 9.17) is 21.1 Å². The summed E-state index contributed by atoms with van der Waals surface area (Å²) in [7, 11) is 0. The fraction of sp³-hybridized carbons (Fsp3) is 0.622. The average Bonchev–Trinajstić information content (AvgIpc) is 3.05. The van der Waals surface area contributed by atoms with E-state index in [1.807, 2.05) is 18.2 Å². The minimum absolute atomic E-state index is 0.0136. The number of carbonyl (C=O) groups is 2. The van der Waals surface area contributed by atoms with Crippen molar-refractivity contribution >= 4 is 34.9 Å². The minimum atomic E-state index is -0.231. The van der Waals surface area contributed by atoms with Gasteiger partial charge >= 0.3 is 5.97 Å². The van der Waals surface area contributed by atoms with Gasteiger partial charge in [0.25, 0.3) is 0 Å². The number of rotatable bonds is 19. The highest BCUT2D eigenvalue weighted by atomic mass is 35.5. The lowest BCUT2D eigenvalue weighted by molar-refractivity contribution is -0.144. The molecule has 0 atom stereocenters. The number of ether oxygens (including phenoxy) is 2. The number of nitrogens with zero attached hydrogens (tertiary/aromatic N) is 3. The Balaban J connectivity index is 1.12. The molecule has 7 nitrogen and oxygen atoms in total. The van der Waals surface area contributed by atoms with Gasteiger partial charge in [-0.05, 0) is 62.4 Å². The molecule has 2 aliphatic heterocycles. The lowest BCUT2D eigenvalue weighted by atomic mass is 10.0. The highest BCUT2D eigenvalue weighted by molar-refractivity contribution is 6.34. The van der Waals surface area contributed by atoms with Crippen molar-refractivity contribution in [1.29, 1.82) is 0 Å². The maximum Gasteiger partial charge on any atom is 0.307 e. The van der Waals surface area contributed by atoms with E-state index < -0.39 is 0 Å². The average molecular weight is 640 g/mol. The van der Waals surface area contributed by atoms with E-state index in [2.05, 4.69) is 41.8 Å². The van der Waals surface area contributed by atoms with Gasteiger partial charge in [-0.1, -0.05) is 88.1 Å². The Bertz CT molecular complexity index is 1210. The summed E-state index contributed by atoms with van der Waals surface area (Å²) in [6, 6.07) is 12.2. The zero-order chi connectivity index (χ0) is 31.9. The van der Waals surface area contributed by atoms with E-state index in [0.717, 1.165) is 91.7 Å². The highest BCUT2D eigenvalue weighted by Crippen LogP contribution is 2.32. The summed E-state index contributed by atoms with van der Waals surface area (Å²) in [4.78, 5) is 31.7. The van der Waals surface area contributed by atoms with E-state index in [-0.39, 0.29) is 18.6 Å². The molecule has 45 heavy (non-hydrogen) atoms. The van der Waals surface area contributed by atoms with Crippen molar-refractivity contribution in [3.05, 3.63) is 52.5 Å². The van der Waals surface area contributed by atoms with Crippen LogP contribution in [0.1, 0.15) is 102 Å². The van der Waals surface area contributed by atoms with Crippen molar-refractivity contribution in [2.24, 2.45) is 0 Å². The fourth-order valence-electron chi connectivity index (χ4n) is 6.25. The van der Waals surface area contributed by atoms with Crippen LogP contribution in [0.3, 0.4) is 0 Å². The number of unbranched alkanes of at least 4 members (excludes halogenated alkanes) is 9. The number of hydrogen-bond acceptors (Lipinski definition) is 6. The number of piperazine rings is 1. The first-order chi connectivity index (χ1) is 22.0. The van der Waals surface area contributed by atoms with Crippen LogP contribution in [0.5, 0.6) is 5.75 Å². The predicted molar refractivity (Wildman–Crippen MR) is 185 cm³/mol. The smallest absolute Gasteiger partial charge is 0.307 e. The van der Waals surface area contributed by atoms with Crippen LogP contribution >= 0.6 is 11.6 Å². The molecule has 0 saturated carbocycles. The second-order valence-corrected chi connectivity index (χ2v) is 13.0. The zero-order valence-corrected chi connectivity index (χ0v) is 28.4. The molecule has 0 bridgehead atoms. The van der Waals surface area contributed by atoms with Crippen molar-refractivity contribution in [3.8, 4) is 5.75 Å².